The van der Waals surface area contributed by atoms with Crippen LogP contribution in [-0.2, 0) is 6.54 Å². The van der Waals surface area contributed by atoms with Gasteiger partial charge in [0.25, 0.3) is 0 Å². The van der Waals surface area contributed by atoms with Crippen LogP contribution in [0.15, 0.2) is 47.2 Å². The number of benzene rings is 1. The number of nitrogens with zero attached hydrogens (tertiary/aromatic N) is 2. The first-order valence-corrected chi connectivity index (χ1v) is 6.53. The van der Waals surface area contributed by atoms with Crippen LogP contribution in [0.1, 0.15) is 12.6 Å². The molecule has 0 spiro atoms. The van der Waals surface area contributed by atoms with Crippen molar-refractivity contribution in [1.29, 1.82) is 0 Å². The summed E-state index contributed by atoms with van der Waals surface area (Å²) in [6, 6.07) is 9.78. The lowest BCUT2D eigenvalue weighted by molar-refractivity contribution is 0.330. The molecule has 0 aliphatic carbocycles. The number of ether oxygens (including phenoxy) is 1. The summed E-state index contributed by atoms with van der Waals surface area (Å²) in [7, 11) is 0. The standard InChI is InChI=1S/C15H15N3O2/c1-2-16-8-12-10-19-15(18-12)20-13-7-11-5-3-4-6-14(11)17-9-13/h3-7,9-10,16H,2,8H2,1H3. The van der Waals surface area contributed by atoms with Crippen molar-refractivity contribution < 1.29 is 9.15 Å². The molecule has 102 valence electrons. The lowest BCUT2D eigenvalue weighted by Gasteiger charge is -2.01. The third kappa shape index (κ3) is 2.78. The molecule has 0 saturated heterocycles. The van der Waals surface area contributed by atoms with Crippen LogP contribution in [0.3, 0.4) is 0 Å². The molecular formula is C15H15N3O2. The Balaban J connectivity index is 1.76. The normalized spacial score (nSPS) is 10.8. The van der Waals surface area contributed by atoms with Crippen LogP contribution in [0.4, 0.5) is 0 Å². The lowest BCUT2D eigenvalue weighted by atomic mass is 10.2. The van der Waals surface area contributed by atoms with Crippen molar-refractivity contribution in [3.8, 4) is 11.8 Å². The van der Waals surface area contributed by atoms with Gasteiger partial charge in [-0.3, -0.25) is 4.98 Å². The molecule has 5 nitrogen and oxygen atoms in total. The molecule has 0 saturated carbocycles. The van der Waals surface area contributed by atoms with E-state index in [1.165, 1.54) is 0 Å². The number of pyridine rings is 1. The molecule has 3 aromatic rings. The molecule has 2 aromatic heterocycles. The van der Waals surface area contributed by atoms with Crippen molar-refractivity contribution in [3.63, 3.8) is 0 Å². The molecule has 5 heteroatoms. The monoisotopic (exact) mass is 269 g/mol. The number of nitrogens with one attached hydrogen (secondary N) is 1. The minimum atomic E-state index is 0.231. The maximum Gasteiger partial charge on any atom is 0.399 e. The summed E-state index contributed by atoms with van der Waals surface area (Å²) >= 11 is 0. The Hall–Kier alpha value is -2.40. The number of oxazole rings is 1. The Labute approximate surface area is 116 Å². The predicted molar refractivity (Wildman–Crippen MR) is 75.7 cm³/mol. The highest BCUT2D eigenvalue weighted by atomic mass is 16.6. The Morgan fingerprint density at radius 2 is 2.20 bits per heavy atom. The molecule has 0 atom stereocenters. The van der Waals surface area contributed by atoms with E-state index in [2.05, 4.69) is 15.3 Å². The van der Waals surface area contributed by atoms with Gasteiger partial charge in [-0.1, -0.05) is 25.1 Å². The fourth-order valence-electron chi connectivity index (χ4n) is 1.88. The molecule has 2 heterocycles. The summed E-state index contributed by atoms with van der Waals surface area (Å²) in [5.41, 5.74) is 1.75. The van der Waals surface area contributed by atoms with E-state index in [9.17, 15) is 0 Å². The summed E-state index contributed by atoms with van der Waals surface area (Å²) in [5.74, 6) is 0.612. The second kappa shape index (κ2) is 5.71. The highest BCUT2D eigenvalue weighted by molar-refractivity contribution is 5.79. The van der Waals surface area contributed by atoms with Crippen LogP contribution in [0.25, 0.3) is 10.9 Å². The van der Waals surface area contributed by atoms with Gasteiger partial charge in [0, 0.05) is 11.9 Å². The van der Waals surface area contributed by atoms with E-state index >= 15 is 0 Å². The van der Waals surface area contributed by atoms with Gasteiger partial charge in [0.1, 0.15) is 6.26 Å². The summed E-state index contributed by atoms with van der Waals surface area (Å²) in [5, 5.41) is 4.19. The van der Waals surface area contributed by atoms with Crippen LogP contribution in [0.2, 0.25) is 0 Å². The van der Waals surface area contributed by atoms with E-state index < -0.39 is 0 Å². The zero-order valence-electron chi connectivity index (χ0n) is 11.2. The quantitative estimate of drug-likeness (QED) is 0.771. The van der Waals surface area contributed by atoms with Gasteiger partial charge < -0.3 is 14.5 Å². The molecule has 0 aliphatic heterocycles. The van der Waals surface area contributed by atoms with Gasteiger partial charge in [0.2, 0.25) is 0 Å². The molecule has 3 rings (SSSR count). The SMILES string of the molecule is CCNCc1coc(Oc2cnc3ccccc3c2)n1. The van der Waals surface area contributed by atoms with E-state index in [0.717, 1.165) is 23.1 Å². The zero-order valence-corrected chi connectivity index (χ0v) is 11.2. The first-order chi connectivity index (χ1) is 9.85. The summed E-state index contributed by atoms with van der Waals surface area (Å²) in [6.07, 6.45) is 3.48. The Morgan fingerprint density at radius 3 is 3.10 bits per heavy atom. The lowest BCUT2D eigenvalue weighted by Crippen LogP contribution is -2.11. The Morgan fingerprint density at radius 1 is 1.30 bits per heavy atom. The second-order valence-corrected chi connectivity index (χ2v) is 4.35. The van der Waals surface area contributed by atoms with Crippen molar-refractivity contribution in [2.24, 2.45) is 0 Å². The molecule has 0 bridgehead atoms. The molecule has 0 amide bonds. The van der Waals surface area contributed by atoms with Gasteiger partial charge in [-0.15, -0.1) is 0 Å². The highest BCUT2D eigenvalue weighted by Crippen LogP contribution is 2.23. The third-order valence-corrected chi connectivity index (χ3v) is 2.86. The average Bonchev–Trinajstić information content (AvgIpc) is 2.92. The minimum Gasteiger partial charge on any atom is -0.417 e. The fraction of sp³-hybridized carbons (Fsp3) is 0.200. The number of hydrogen-bond acceptors (Lipinski definition) is 5. The zero-order chi connectivity index (χ0) is 13.8. The minimum absolute atomic E-state index is 0.231. The molecule has 0 radical (unpaired) electrons. The number of para-hydroxylation sites is 1. The second-order valence-electron chi connectivity index (χ2n) is 4.35. The van der Waals surface area contributed by atoms with Crippen molar-refractivity contribution in [1.82, 2.24) is 15.3 Å². The molecule has 1 N–H and O–H groups in total. The fourth-order valence-corrected chi connectivity index (χ4v) is 1.88. The molecule has 20 heavy (non-hydrogen) atoms. The first-order valence-electron chi connectivity index (χ1n) is 6.53. The van der Waals surface area contributed by atoms with Gasteiger partial charge >= 0.3 is 6.08 Å². The first kappa shape index (κ1) is 12.6. The van der Waals surface area contributed by atoms with E-state index in [0.29, 0.717) is 12.3 Å². The van der Waals surface area contributed by atoms with E-state index in [-0.39, 0.29) is 6.08 Å². The molecule has 1 aromatic carbocycles. The van der Waals surface area contributed by atoms with Crippen molar-refractivity contribution in [2.45, 2.75) is 13.5 Å². The van der Waals surface area contributed by atoms with Crippen molar-refractivity contribution in [2.75, 3.05) is 6.54 Å². The smallest absolute Gasteiger partial charge is 0.399 e. The Bertz CT molecular complexity index is 709. The van der Waals surface area contributed by atoms with Gasteiger partial charge in [-0.25, -0.2) is 0 Å². The predicted octanol–water partition coefficient (Wildman–Crippen LogP) is 3.12. The number of hydrogen-bond donors (Lipinski definition) is 1. The number of aromatic nitrogens is 2. The van der Waals surface area contributed by atoms with Crippen LogP contribution in [-0.4, -0.2) is 16.5 Å². The largest absolute Gasteiger partial charge is 0.417 e. The van der Waals surface area contributed by atoms with E-state index in [1.54, 1.807) is 12.5 Å². The number of rotatable bonds is 5. The van der Waals surface area contributed by atoms with Gasteiger partial charge in [-0.05, 0) is 18.7 Å². The molecule has 0 unspecified atom stereocenters. The maximum atomic E-state index is 5.58. The summed E-state index contributed by atoms with van der Waals surface area (Å²) in [6.45, 7) is 3.59. The highest BCUT2D eigenvalue weighted by Gasteiger charge is 2.07. The summed E-state index contributed by atoms with van der Waals surface area (Å²) in [4.78, 5) is 8.57. The number of fused-ring (bicyclic) bond motifs is 1. The van der Waals surface area contributed by atoms with Gasteiger partial charge in [0.05, 0.1) is 17.4 Å². The van der Waals surface area contributed by atoms with Gasteiger partial charge in [-0.2, -0.15) is 4.98 Å². The summed E-state index contributed by atoms with van der Waals surface area (Å²) < 4.78 is 10.9. The van der Waals surface area contributed by atoms with Crippen LogP contribution in [0, 0.1) is 0 Å². The average molecular weight is 269 g/mol. The Kier molecular flexibility index (Phi) is 3.60. The maximum absolute atomic E-state index is 5.58. The van der Waals surface area contributed by atoms with Crippen LogP contribution < -0.4 is 10.1 Å². The van der Waals surface area contributed by atoms with Crippen molar-refractivity contribution >= 4 is 10.9 Å². The third-order valence-electron chi connectivity index (χ3n) is 2.86. The van der Waals surface area contributed by atoms with E-state index in [1.807, 2.05) is 37.3 Å². The topological polar surface area (TPSA) is 60.2 Å². The molecule has 0 aliphatic rings. The van der Waals surface area contributed by atoms with E-state index in [4.69, 9.17) is 9.15 Å². The van der Waals surface area contributed by atoms with Crippen molar-refractivity contribution in [3.05, 3.63) is 48.5 Å². The van der Waals surface area contributed by atoms with Crippen LogP contribution >= 0.6 is 0 Å². The van der Waals surface area contributed by atoms with Gasteiger partial charge in [0.15, 0.2) is 5.75 Å². The molecule has 0 fully saturated rings. The van der Waals surface area contributed by atoms with Crippen LogP contribution in [0.5, 0.6) is 11.8 Å². The molecular weight excluding hydrogens is 254 g/mol.